The highest BCUT2D eigenvalue weighted by Gasteiger charge is 2.57. The van der Waals surface area contributed by atoms with Crippen LogP contribution in [0.25, 0.3) is 22.8 Å². The number of carbonyl (C=O) groups excluding carboxylic acids is 3. The van der Waals surface area contributed by atoms with Crippen LogP contribution in [-0.2, 0) is 9.59 Å². The second-order valence-corrected chi connectivity index (χ2v) is 9.05. The molecule has 0 atom stereocenters. The fraction of sp³-hybridized carbons (Fsp3) is 0.143. The molecule has 39 heavy (non-hydrogen) atoms. The number of amides is 4. The standard InChI is InChI=1S/C28H20N6O5/c29-14-17-2-4-19(5-3-17)24-31-16-22(39-24)18-6-9-21(10-7-18)38-23-11-8-20(15-30-23)34-13-1-12-28(34)25(35)32-27(37)33-26(28)36/h2-11,15-16H,1,12-13H2,(H2,32,33,35,36,37). The van der Waals surface area contributed by atoms with E-state index in [0.717, 1.165) is 11.1 Å². The van der Waals surface area contributed by atoms with Crippen molar-refractivity contribution in [1.29, 1.82) is 5.26 Å². The van der Waals surface area contributed by atoms with Crippen LogP contribution in [0.4, 0.5) is 10.5 Å². The molecule has 0 unspecified atom stereocenters. The molecule has 2 aromatic carbocycles. The lowest BCUT2D eigenvalue weighted by Gasteiger charge is -2.38. The van der Waals surface area contributed by atoms with E-state index in [-0.39, 0.29) is 0 Å². The van der Waals surface area contributed by atoms with Crippen LogP contribution < -0.4 is 20.3 Å². The zero-order valence-corrected chi connectivity index (χ0v) is 20.4. The number of anilines is 1. The van der Waals surface area contributed by atoms with Gasteiger partial charge in [0.15, 0.2) is 11.3 Å². The van der Waals surface area contributed by atoms with Gasteiger partial charge in [-0.3, -0.25) is 20.2 Å². The van der Waals surface area contributed by atoms with Crippen LogP contribution in [-0.4, -0.2) is 39.9 Å². The average molecular weight is 521 g/mol. The van der Waals surface area contributed by atoms with Gasteiger partial charge in [-0.05, 0) is 67.4 Å². The van der Waals surface area contributed by atoms with Crippen molar-refractivity contribution in [2.45, 2.75) is 18.4 Å². The number of hydrogen-bond donors (Lipinski definition) is 2. The van der Waals surface area contributed by atoms with E-state index in [4.69, 9.17) is 14.4 Å². The van der Waals surface area contributed by atoms with E-state index in [0.29, 0.717) is 53.9 Å². The van der Waals surface area contributed by atoms with Crippen molar-refractivity contribution in [2.24, 2.45) is 0 Å². The van der Waals surface area contributed by atoms with Gasteiger partial charge in [0.1, 0.15) is 5.75 Å². The number of nitriles is 1. The van der Waals surface area contributed by atoms with Gasteiger partial charge in [0.25, 0.3) is 11.8 Å². The molecule has 2 aromatic heterocycles. The predicted octanol–water partition coefficient (Wildman–Crippen LogP) is 3.77. The van der Waals surface area contributed by atoms with Crippen molar-refractivity contribution in [3.8, 4) is 40.5 Å². The topological polar surface area (TPSA) is 150 Å². The maximum absolute atomic E-state index is 12.7. The first-order chi connectivity index (χ1) is 19.0. The summed E-state index contributed by atoms with van der Waals surface area (Å²) in [5.74, 6) is 0.646. The number of urea groups is 1. The normalized spacial score (nSPS) is 16.1. The number of ether oxygens (including phenoxy) is 1. The Morgan fingerprint density at radius 3 is 2.28 bits per heavy atom. The van der Waals surface area contributed by atoms with Crippen LogP contribution in [0.5, 0.6) is 11.6 Å². The quantitative estimate of drug-likeness (QED) is 0.375. The molecule has 4 heterocycles. The Kier molecular flexibility index (Phi) is 5.77. The molecule has 2 N–H and O–H groups in total. The summed E-state index contributed by atoms with van der Waals surface area (Å²) in [6, 6.07) is 18.9. The SMILES string of the molecule is N#Cc1ccc(-c2ncc(-c3ccc(Oc4ccc(N5CCCC56C(=O)NC(=O)NC6=O)cn4)cc3)o2)cc1. The van der Waals surface area contributed by atoms with Gasteiger partial charge in [-0.25, -0.2) is 14.8 Å². The highest BCUT2D eigenvalue weighted by atomic mass is 16.5. The largest absolute Gasteiger partial charge is 0.439 e. The second-order valence-electron chi connectivity index (χ2n) is 9.05. The monoisotopic (exact) mass is 520 g/mol. The molecule has 2 fully saturated rings. The van der Waals surface area contributed by atoms with E-state index >= 15 is 0 Å². The molecule has 2 aliphatic heterocycles. The smallest absolute Gasteiger partial charge is 0.328 e. The van der Waals surface area contributed by atoms with Crippen molar-refractivity contribution in [1.82, 2.24) is 20.6 Å². The summed E-state index contributed by atoms with van der Waals surface area (Å²) in [4.78, 5) is 47.2. The van der Waals surface area contributed by atoms with Crippen molar-refractivity contribution in [3.63, 3.8) is 0 Å². The van der Waals surface area contributed by atoms with Crippen molar-refractivity contribution < 1.29 is 23.5 Å². The minimum Gasteiger partial charge on any atom is -0.439 e. The van der Waals surface area contributed by atoms with Crippen molar-refractivity contribution >= 4 is 23.5 Å². The second kappa shape index (κ2) is 9.42. The minimum atomic E-state index is -1.48. The van der Waals surface area contributed by atoms with Gasteiger partial charge in [-0.1, -0.05) is 0 Å². The minimum absolute atomic E-state index is 0.294. The first-order valence-corrected chi connectivity index (χ1v) is 12.1. The van der Waals surface area contributed by atoms with E-state index in [1.807, 2.05) is 12.1 Å². The van der Waals surface area contributed by atoms with Crippen LogP contribution in [0.15, 0.2) is 77.5 Å². The molecule has 11 heteroatoms. The van der Waals surface area contributed by atoms with Crippen LogP contribution in [0.3, 0.4) is 0 Å². The highest BCUT2D eigenvalue weighted by Crippen LogP contribution is 2.36. The van der Waals surface area contributed by atoms with E-state index < -0.39 is 23.4 Å². The number of pyridine rings is 1. The Balaban J connectivity index is 1.14. The van der Waals surface area contributed by atoms with Gasteiger partial charge in [0.2, 0.25) is 11.8 Å². The number of nitrogens with zero attached hydrogens (tertiary/aromatic N) is 4. The summed E-state index contributed by atoms with van der Waals surface area (Å²) >= 11 is 0. The molecule has 0 bridgehead atoms. The molecule has 192 valence electrons. The van der Waals surface area contributed by atoms with E-state index in [2.05, 4.69) is 26.7 Å². The lowest BCUT2D eigenvalue weighted by atomic mass is 9.92. The Labute approximate surface area is 222 Å². The molecule has 11 nitrogen and oxygen atoms in total. The first-order valence-electron chi connectivity index (χ1n) is 12.1. The zero-order chi connectivity index (χ0) is 27.0. The van der Waals surface area contributed by atoms with E-state index in [1.54, 1.807) is 59.6 Å². The Bertz CT molecular complexity index is 1600. The zero-order valence-electron chi connectivity index (χ0n) is 20.4. The number of imide groups is 2. The molecule has 0 saturated carbocycles. The maximum Gasteiger partial charge on any atom is 0.328 e. The lowest BCUT2D eigenvalue weighted by molar-refractivity contribution is -0.137. The van der Waals surface area contributed by atoms with Crippen LogP contribution in [0.1, 0.15) is 18.4 Å². The number of rotatable bonds is 5. The summed E-state index contributed by atoms with van der Waals surface area (Å²) in [6.45, 7) is 0.465. The van der Waals surface area contributed by atoms with Gasteiger partial charge in [-0.2, -0.15) is 5.26 Å². The van der Waals surface area contributed by atoms with Gasteiger partial charge in [0.05, 0.1) is 29.7 Å². The molecule has 1 spiro atoms. The molecule has 0 radical (unpaired) electrons. The molecule has 0 aliphatic carbocycles. The van der Waals surface area contributed by atoms with Gasteiger partial charge in [-0.15, -0.1) is 0 Å². The fourth-order valence-electron chi connectivity index (χ4n) is 4.82. The maximum atomic E-state index is 12.7. The number of barbiturate groups is 1. The number of hydrogen-bond acceptors (Lipinski definition) is 9. The Morgan fingerprint density at radius 1 is 0.897 bits per heavy atom. The predicted molar refractivity (Wildman–Crippen MR) is 137 cm³/mol. The average Bonchev–Trinajstić information content (AvgIpc) is 3.62. The van der Waals surface area contributed by atoms with Crippen LogP contribution >= 0.6 is 0 Å². The first kappa shape index (κ1) is 23.9. The fourth-order valence-corrected chi connectivity index (χ4v) is 4.82. The summed E-state index contributed by atoms with van der Waals surface area (Å²) in [5, 5.41) is 13.4. The third kappa shape index (κ3) is 4.23. The number of carbonyl (C=O) groups is 3. The molecule has 6 rings (SSSR count). The summed E-state index contributed by atoms with van der Waals surface area (Å²) in [7, 11) is 0. The Hall–Kier alpha value is -5.50. The molecular weight excluding hydrogens is 500 g/mol. The molecule has 4 aromatic rings. The summed E-state index contributed by atoms with van der Waals surface area (Å²) in [6.07, 6.45) is 4.08. The van der Waals surface area contributed by atoms with Gasteiger partial charge in [0, 0.05) is 23.7 Å². The third-order valence-electron chi connectivity index (χ3n) is 6.75. The van der Waals surface area contributed by atoms with Crippen molar-refractivity contribution in [3.05, 3.63) is 78.6 Å². The van der Waals surface area contributed by atoms with Crippen LogP contribution in [0, 0.1) is 11.3 Å². The molecule has 2 aliphatic rings. The number of aromatic nitrogens is 2. The number of oxazole rings is 1. The molecular formula is C28H20N6O5. The molecule has 4 amide bonds. The molecule has 2 saturated heterocycles. The lowest BCUT2D eigenvalue weighted by Crippen LogP contribution is -2.71. The Morgan fingerprint density at radius 2 is 1.62 bits per heavy atom. The van der Waals surface area contributed by atoms with Gasteiger partial charge >= 0.3 is 6.03 Å². The highest BCUT2D eigenvalue weighted by molar-refractivity contribution is 6.24. The third-order valence-corrected chi connectivity index (χ3v) is 6.75. The number of benzene rings is 2. The van der Waals surface area contributed by atoms with Crippen LogP contribution in [0.2, 0.25) is 0 Å². The summed E-state index contributed by atoms with van der Waals surface area (Å²) in [5.41, 5.74) is 1.23. The van der Waals surface area contributed by atoms with E-state index in [1.165, 1.54) is 6.20 Å². The summed E-state index contributed by atoms with van der Waals surface area (Å²) < 4.78 is 11.8. The van der Waals surface area contributed by atoms with Crippen molar-refractivity contribution in [2.75, 3.05) is 11.4 Å². The van der Waals surface area contributed by atoms with E-state index in [9.17, 15) is 14.4 Å². The number of nitrogens with one attached hydrogen (secondary N) is 2. The van der Waals surface area contributed by atoms with Gasteiger partial charge < -0.3 is 14.1 Å².